The minimum Gasteiger partial charge on any atom is -0.453 e. The largest absolute Gasteiger partial charge is 0.453 e. The van der Waals surface area contributed by atoms with Crippen LogP contribution in [0, 0.1) is 5.92 Å². The van der Waals surface area contributed by atoms with Crippen molar-refractivity contribution in [3.8, 4) is 11.1 Å². The molecule has 270 valence electrons. The number of aliphatic imine (C=N–C) groups is 1. The molecule has 6 rings (SSSR count). The molecule has 0 bridgehead atoms. The number of rotatable bonds is 10. The van der Waals surface area contributed by atoms with Crippen molar-refractivity contribution < 1.29 is 27.5 Å². The minimum atomic E-state index is -2.91. The first-order valence-corrected chi connectivity index (χ1v) is 19.3. The highest BCUT2D eigenvalue weighted by molar-refractivity contribution is 7.91. The molecule has 2 saturated heterocycles. The second kappa shape index (κ2) is 15.6. The van der Waals surface area contributed by atoms with E-state index in [2.05, 4.69) is 45.1 Å². The highest BCUT2D eigenvalue weighted by atomic mass is 32.2. The SMILES string of the molecule is COC(=O)N[C@H](C(=O)N1CCC[C@H]1C1=NCC(c2ccc(-c3ccc(C(=O)Nc4ccc(CN5CCS(=O)(=O)CC5)cc4)cc3)cc2)N1)C(C)C. The Morgan fingerprint density at radius 2 is 1.57 bits per heavy atom. The van der Waals surface area contributed by atoms with Crippen LogP contribution in [0.5, 0.6) is 0 Å². The van der Waals surface area contributed by atoms with Crippen LogP contribution >= 0.6 is 0 Å². The van der Waals surface area contributed by atoms with Crippen molar-refractivity contribution in [1.82, 2.24) is 20.4 Å². The summed E-state index contributed by atoms with van der Waals surface area (Å²) in [5, 5.41) is 9.21. The molecule has 2 fully saturated rings. The summed E-state index contributed by atoms with van der Waals surface area (Å²) in [5.41, 5.74) is 5.42. The van der Waals surface area contributed by atoms with Gasteiger partial charge < -0.3 is 25.6 Å². The standard InChI is InChI=1S/C38H46N6O6S/c1-25(2)34(42-38(47)50-3)37(46)44-18-4-5-33(44)35-39-23-32(41-35)29-12-8-27(9-13-29)28-10-14-30(15-11-28)36(45)40-31-16-6-26(7-17-31)24-43-19-21-51(48,49)22-20-43/h6-17,25,32-34H,4-5,18-24H2,1-3H3,(H,39,41)(H,40,45)(H,42,47)/t32?,33-,34-/m0/s1. The Hall–Kier alpha value is -4.75. The molecule has 3 aromatic rings. The molecule has 3 amide bonds. The number of methoxy groups -OCH3 is 1. The van der Waals surface area contributed by atoms with Gasteiger partial charge in [0.1, 0.15) is 11.9 Å². The van der Waals surface area contributed by atoms with Crippen molar-refractivity contribution in [2.24, 2.45) is 10.9 Å². The lowest BCUT2D eigenvalue weighted by Gasteiger charge is -2.31. The Morgan fingerprint density at radius 1 is 0.922 bits per heavy atom. The van der Waals surface area contributed by atoms with E-state index in [1.165, 1.54) is 7.11 Å². The summed E-state index contributed by atoms with van der Waals surface area (Å²) < 4.78 is 28.1. The molecular weight excluding hydrogens is 669 g/mol. The van der Waals surface area contributed by atoms with Crippen LogP contribution in [0.2, 0.25) is 0 Å². The smallest absolute Gasteiger partial charge is 0.407 e. The number of anilines is 1. The number of sulfone groups is 1. The van der Waals surface area contributed by atoms with Crippen LogP contribution in [-0.4, -0.2) is 98.8 Å². The number of benzene rings is 3. The van der Waals surface area contributed by atoms with Crippen molar-refractivity contribution in [3.05, 3.63) is 89.5 Å². The second-order valence-electron chi connectivity index (χ2n) is 13.7. The highest BCUT2D eigenvalue weighted by Gasteiger charge is 2.39. The summed E-state index contributed by atoms with van der Waals surface area (Å²) in [6.45, 7) is 6.74. The number of nitrogens with zero attached hydrogens (tertiary/aromatic N) is 3. The molecule has 3 heterocycles. The summed E-state index contributed by atoms with van der Waals surface area (Å²) in [7, 11) is -1.62. The maximum atomic E-state index is 13.5. The number of alkyl carbamates (subject to hydrolysis) is 1. The van der Waals surface area contributed by atoms with Gasteiger partial charge in [0.15, 0.2) is 9.84 Å². The van der Waals surface area contributed by atoms with E-state index in [0.29, 0.717) is 44.0 Å². The Labute approximate surface area is 299 Å². The number of amidine groups is 1. The predicted molar refractivity (Wildman–Crippen MR) is 197 cm³/mol. The minimum absolute atomic E-state index is 0.00980. The number of likely N-dealkylation sites (tertiary alicyclic amines) is 1. The van der Waals surface area contributed by atoms with E-state index < -0.39 is 22.0 Å². The lowest BCUT2D eigenvalue weighted by atomic mass is 10.00. The summed E-state index contributed by atoms with van der Waals surface area (Å²) in [4.78, 5) is 47.1. The van der Waals surface area contributed by atoms with Gasteiger partial charge in [-0.2, -0.15) is 0 Å². The number of ether oxygens (including phenoxy) is 1. The van der Waals surface area contributed by atoms with E-state index in [4.69, 9.17) is 9.73 Å². The van der Waals surface area contributed by atoms with Crippen LogP contribution in [0.4, 0.5) is 10.5 Å². The van der Waals surface area contributed by atoms with Crippen molar-refractivity contribution in [1.29, 1.82) is 0 Å². The first-order valence-electron chi connectivity index (χ1n) is 17.5. The van der Waals surface area contributed by atoms with Crippen LogP contribution in [0.1, 0.15) is 54.2 Å². The van der Waals surface area contributed by atoms with Crippen LogP contribution in [-0.2, 0) is 25.9 Å². The second-order valence-corrected chi connectivity index (χ2v) is 16.1. The summed E-state index contributed by atoms with van der Waals surface area (Å²) in [6.07, 6.45) is 1.05. The zero-order valence-corrected chi connectivity index (χ0v) is 30.1. The van der Waals surface area contributed by atoms with E-state index in [0.717, 1.165) is 40.9 Å². The molecule has 12 nitrogen and oxygen atoms in total. The van der Waals surface area contributed by atoms with Crippen LogP contribution in [0.25, 0.3) is 11.1 Å². The third kappa shape index (κ3) is 8.77. The molecule has 0 spiro atoms. The average Bonchev–Trinajstić information content (AvgIpc) is 3.83. The van der Waals surface area contributed by atoms with Gasteiger partial charge in [0, 0.05) is 37.4 Å². The summed E-state index contributed by atoms with van der Waals surface area (Å²) in [5.74, 6) is 0.784. The highest BCUT2D eigenvalue weighted by Crippen LogP contribution is 2.28. The van der Waals surface area contributed by atoms with E-state index >= 15 is 0 Å². The molecular formula is C38H46N6O6S. The fourth-order valence-corrected chi connectivity index (χ4v) is 8.10. The lowest BCUT2D eigenvalue weighted by molar-refractivity contribution is -0.134. The molecule has 0 aliphatic carbocycles. The van der Waals surface area contributed by atoms with Gasteiger partial charge in [-0.15, -0.1) is 0 Å². The van der Waals surface area contributed by atoms with Crippen LogP contribution < -0.4 is 16.0 Å². The lowest BCUT2D eigenvalue weighted by Crippen LogP contribution is -2.54. The van der Waals surface area contributed by atoms with Gasteiger partial charge in [0.2, 0.25) is 5.91 Å². The van der Waals surface area contributed by atoms with Crippen molar-refractivity contribution in [3.63, 3.8) is 0 Å². The predicted octanol–water partition coefficient (Wildman–Crippen LogP) is 4.25. The first-order chi connectivity index (χ1) is 24.5. The van der Waals surface area contributed by atoms with Crippen LogP contribution in [0.15, 0.2) is 77.8 Å². The zero-order chi connectivity index (χ0) is 36.1. The molecule has 3 aliphatic rings. The first kappa shape index (κ1) is 36.1. The van der Waals surface area contributed by atoms with Crippen molar-refractivity contribution in [2.45, 2.75) is 51.4 Å². The molecule has 3 aliphatic heterocycles. The molecule has 51 heavy (non-hydrogen) atoms. The molecule has 0 aromatic heterocycles. The van der Waals surface area contributed by atoms with Crippen LogP contribution in [0.3, 0.4) is 0 Å². The van der Waals surface area contributed by atoms with Gasteiger partial charge in [0.05, 0.1) is 37.2 Å². The van der Waals surface area contributed by atoms with Gasteiger partial charge in [-0.05, 0) is 65.3 Å². The van der Waals surface area contributed by atoms with Gasteiger partial charge in [-0.3, -0.25) is 19.5 Å². The van der Waals surface area contributed by atoms with Crippen molar-refractivity contribution in [2.75, 3.05) is 50.1 Å². The fourth-order valence-electron chi connectivity index (χ4n) is 6.83. The number of nitrogens with one attached hydrogen (secondary N) is 3. The Kier molecular flexibility index (Phi) is 11.1. The topological polar surface area (TPSA) is 150 Å². The number of carbonyl (C=O) groups excluding carboxylic acids is 3. The summed E-state index contributed by atoms with van der Waals surface area (Å²) in [6, 6.07) is 22.6. The molecule has 3 N–H and O–H groups in total. The molecule has 13 heteroatoms. The Balaban J connectivity index is 1.01. The van der Waals surface area contributed by atoms with Gasteiger partial charge in [-0.25, -0.2) is 13.2 Å². The van der Waals surface area contributed by atoms with Crippen molar-refractivity contribution >= 4 is 39.3 Å². The monoisotopic (exact) mass is 714 g/mol. The van der Waals surface area contributed by atoms with E-state index in [-0.39, 0.29) is 41.3 Å². The molecule has 1 unspecified atom stereocenters. The Morgan fingerprint density at radius 3 is 2.20 bits per heavy atom. The van der Waals surface area contributed by atoms with Gasteiger partial charge in [0.25, 0.3) is 5.91 Å². The average molecular weight is 715 g/mol. The zero-order valence-electron chi connectivity index (χ0n) is 29.3. The van der Waals surface area contributed by atoms with Gasteiger partial charge >= 0.3 is 6.09 Å². The number of hydrogen-bond donors (Lipinski definition) is 3. The number of hydrogen-bond acceptors (Lipinski definition) is 9. The molecule has 3 aromatic carbocycles. The van der Waals surface area contributed by atoms with E-state index in [1.807, 2.05) is 67.3 Å². The number of carbonyl (C=O) groups is 3. The quantitative estimate of drug-likeness (QED) is 0.282. The molecule has 0 saturated carbocycles. The third-order valence-corrected chi connectivity index (χ3v) is 11.5. The Bertz CT molecular complexity index is 1850. The van der Waals surface area contributed by atoms with Gasteiger partial charge in [-0.1, -0.05) is 62.4 Å². The molecule has 3 atom stereocenters. The van der Waals surface area contributed by atoms with E-state index in [1.54, 1.807) is 0 Å². The van der Waals surface area contributed by atoms with E-state index in [9.17, 15) is 22.8 Å². The third-order valence-electron chi connectivity index (χ3n) is 9.86. The normalized spacial score (nSPS) is 20.7. The maximum absolute atomic E-state index is 13.5. The summed E-state index contributed by atoms with van der Waals surface area (Å²) >= 11 is 0. The number of amides is 3. The fraction of sp³-hybridized carbons (Fsp3) is 0.421. The maximum Gasteiger partial charge on any atom is 0.407 e. The molecule has 0 radical (unpaired) electrons.